The fraction of sp³-hybridized carbons (Fsp3) is 0.875. The van der Waals surface area contributed by atoms with E-state index in [4.69, 9.17) is 16.2 Å². The topological polar surface area (TPSA) is 122 Å². The molecule has 0 radical (unpaired) electrons. The number of esters is 1. The lowest BCUT2D eigenvalue weighted by Gasteiger charge is -2.62. The van der Waals surface area contributed by atoms with Gasteiger partial charge < -0.3 is 21.1 Å². The van der Waals surface area contributed by atoms with E-state index in [1.165, 1.54) is 0 Å². The molecule has 5 aliphatic carbocycles. The highest BCUT2D eigenvalue weighted by Gasteiger charge is 2.64. The van der Waals surface area contributed by atoms with Crippen LogP contribution in [0.4, 0.5) is 0 Å². The van der Waals surface area contributed by atoms with E-state index in [9.17, 15) is 14.9 Å². The first-order valence-corrected chi connectivity index (χ1v) is 12.1. The molecule has 170 valence electrons. The molecule has 7 nitrogen and oxygen atoms in total. The van der Waals surface area contributed by atoms with Crippen LogP contribution in [0.15, 0.2) is 0 Å². The Kier molecular flexibility index (Phi) is 4.91. The van der Waals surface area contributed by atoms with Gasteiger partial charge in [-0.15, -0.1) is 0 Å². The third kappa shape index (κ3) is 3.47. The highest BCUT2D eigenvalue weighted by atomic mass is 16.6. The smallest absolute Gasteiger partial charge is 0.323 e. The number of rotatable bonds is 6. The first kappa shape index (κ1) is 21.2. The largest absolute Gasteiger partial charge is 0.458 e. The number of likely N-dealkylation sites (tertiary alicyclic amines) is 1. The fourth-order valence-corrected chi connectivity index (χ4v) is 7.94. The number of hydrogen-bond acceptors (Lipinski definition) is 6. The molecule has 4 N–H and O–H groups in total. The second kappa shape index (κ2) is 7.18. The number of nitriles is 1. The van der Waals surface area contributed by atoms with Crippen LogP contribution in [0.25, 0.3) is 0 Å². The van der Waals surface area contributed by atoms with Crippen molar-refractivity contribution in [2.75, 3.05) is 0 Å². The first-order valence-electron chi connectivity index (χ1n) is 12.1. The zero-order valence-corrected chi connectivity index (χ0v) is 18.8. The van der Waals surface area contributed by atoms with Crippen molar-refractivity contribution in [2.45, 2.75) is 101 Å². The Bertz CT molecular complexity index is 806. The van der Waals surface area contributed by atoms with Gasteiger partial charge in [-0.05, 0) is 86.9 Å². The number of piperidine rings is 1. The van der Waals surface area contributed by atoms with Crippen LogP contribution in [0.5, 0.6) is 0 Å². The Morgan fingerprint density at radius 3 is 2.42 bits per heavy atom. The Morgan fingerprint density at radius 2 is 1.81 bits per heavy atom. The summed E-state index contributed by atoms with van der Waals surface area (Å²) in [5.41, 5.74) is 12.0. The molecular formula is C24H36N4O3. The van der Waals surface area contributed by atoms with E-state index in [1.54, 1.807) is 4.90 Å². The normalized spacial score (nSPS) is 44.0. The summed E-state index contributed by atoms with van der Waals surface area (Å²) in [7, 11) is 0. The Morgan fingerprint density at radius 1 is 1.13 bits per heavy atom. The second-order valence-electron chi connectivity index (χ2n) is 11.8. The molecule has 1 amide bonds. The number of hydrogen-bond donors (Lipinski definition) is 2. The van der Waals surface area contributed by atoms with Crippen LogP contribution in [0.2, 0.25) is 0 Å². The molecule has 1 heterocycles. The monoisotopic (exact) mass is 428 g/mol. The van der Waals surface area contributed by atoms with Crippen molar-refractivity contribution in [2.24, 2.45) is 40.6 Å². The van der Waals surface area contributed by atoms with E-state index in [2.05, 4.69) is 19.9 Å². The van der Waals surface area contributed by atoms with E-state index in [-0.39, 0.29) is 29.4 Å². The van der Waals surface area contributed by atoms with Crippen molar-refractivity contribution in [3.05, 3.63) is 0 Å². The molecular weight excluding hydrogens is 392 g/mol. The van der Waals surface area contributed by atoms with Gasteiger partial charge in [0.15, 0.2) is 0 Å². The Hall–Kier alpha value is -1.65. The molecule has 1 saturated heterocycles. The zero-order valence-electron chi connectivity index (χ0n) is 18.8. The molecule has 7 heteroatoms. The van der Waals surface area contributed by atoms with Gasteiger partial charge in [0.2, 0.25) is 5.91 Å². The number of amides is 1. The minimum atomic E-state index is -0.629. The van der Waals surface area contributed by atoms with Crippen LogP contribution in [-0.4, -0.2) is 46.5 Å². The summed E-state index contributed by atoms with van der Waals surface area (Å²) in [4.78, 5) is 28.2. The molecule has 7 atom stereocenters. The quantitative estimate of drug-likeness (QED) is 0.625. The molecule has 6 fully saturated rings. The van der Waals surface area contributed by atoms with Crippen molar-refractivity contribution in [3.8, 4) is 6.07 Å². The number of carbonyl (C=O) groups excluding carboxylic acids is 2. The lowest BCUT2D eigenvalue weighted by molar-refractivity contribution is -0.207. The molecule has 6 aliphatic rings. The third-order valence-corrected chi connectivity index (χ3v) is 8.83. The summed E-state index contributed by atoms with van der Waals surface area (Å²) in [5.74, 6) is 1.32. The second-order valence-corrected chi connectivity index (χ2v) is 11.8. The first-order chi connectivity index (χ1) is 14.7. The van der Waals surface area contributed by atoms with E-state index in [1.807, 2.05) is 0 Å². The molecule has 0 aromatic rings. The number of carbonyl (C=O) groups is 2. The van der Waals surface area contributed by atoms with Crippen molar-refractivity contribution in [3.63, 3.8) is 0 Å². The maximum Gasteiger partial charge on any atom is 0.323 e. The maximum atomic E-state index is 13.5. The third-order valence-electron chi connectivity index (χ3n) is 8.83. The van der Waals surface area contributed by atoms with Gasteiger partial charge >= 0.3 is 5.97 Å². The fourth-order valence-electron chi connectivity index (χ4n) is 7.94. The predicted octanol–water partition coefficient (Wildman–Crippen LogP) is 2.08. The van der Waals surface area contributed by atoms with Crippen LogP contribution in [-0.2, 0) is 14.3 Å². The van der Waals surface area contributed by atoms with E-state index < -0.39 is 17.7 Å². The van der Waals surface area contributed by atoms with Gasteiger partial charge in [-0.25, -0.2) is 0 Å². The summed E-state index contributed by atoms with van der Waals surface area (Å²) in [6.07, 6.45) is 7.76. The van der Waals surface area contributed by atoms with Crippen LogP contribution >= 0.6 is 0 Å². The molecule has 0 spiro atoms. The molecule has 31 heavy (non-hydrogen) atoms. The Balaban J connectivity index is 1.35. The van der Waals surface area contributed by atoms with Crippen molar-refractivity contribution in [1.82, 2.24) is 4.90 Å². The van der Waals surface area contributed by atoms with Gasteiger partial charge in [-0.3, -0.25) is 9.59 Å². The highest BCUT2D eigenvalue weighted by Crippen LogP contribution is 2.64. The van der Waals surface area contributed by atoms with Gasteiger partial charge in [0, 0.05) is 6.04 Å². The summed E-state index contributed by atoms with van der Waals surface area (Å²) in [6.45, 7) is 4.10. The van der Waals surface area contributed by atoms with Gasteiger partial charge in [-0.1, -0.05) is 13.8 Å². The average Bonchev–Trinajstić information content (AvgIpc) is 3.34. The molecule has 5 saturated carbocycles. The Labute approximate surface area is 184 Å². The summed E-state index contributed by atoms with van der Waals surface area (Å²) < 4.78 is 6.17. The summed E-state index contributed by atoms with van der Waals surface area (Å²) >= 11 is 0. The summed E-state index contributed by atoms with van der Waals surface area (Å²) in [6, 6.07) is 0.949. The van der Waals surface area contributed by atoms with Crippen LogP contribution < -0.4 is 11.5 Å². The maximum absolute atomic E-state index is 13.5. The number of nitrogens with two attached hydrogens (primary N) is 2. The molecule has 0 aromatic carbocycles. The molecule has 2 unspecified atom stereocenters. The van der Waals surface area contributed by atoms with Crippen molar-refractivity contribution in [1.29, 1.82) is 5.26 Å². The lowest BCUT2D eigenvalue weighted by Crippen LogP contribution is -2.66. The van der Waals surface area contributed by atoms with E-state index in [0.29, 0.717) is 36.5 Å². The SMILES string of the molecule is CC(C)C[C@@H](N)C(=O)OC12CC3CC(C1)CC([C@H](N)C(=O)N1[C@H](C#N)C[C@@H]4C[C@@H]41)(C3)C2. The van der Waals surface area contributed by atoms with Gasteiger partial charge in [0.05, 0.1) is 12.1 Å². The molecule has 6 rings (SSSR count). The van der Waals surface area contributed by atoms with Crippen LogP contribution in [0, 0.1) is 40.4 Å². The van der Waals surface area contributed by atoms with Gasteiger partial charge in [-0.2, -0.15) is 5.26 Å². The predicted molar refractivity (Wildman–Crippen MR) is 114 cm³/mol. The molecule has 1 aliphatic heterocycles. The average molecular weight is 429 g/mol. The highest BCUT2D eigenvalue weighted by molar-refractivity contribution is 5.84. The number of fused-ring (bicyclic) bond motifs is 1. The van der Waals surface area contributed by atoms with Gasteiger partial charge in [0.25, 0.3) is 0 Å². The van der Waals surface area contributed by atoms with E-state index >= 15 is 0 Å². The number of ether oxygens (including phenoxy) is 1. The molecule has 0 aromatic heterocycles. The lowest BCUT2D eigenvalue weighted by atomic mass is 9.46. The van der Waals surface area contributed by atoms with Crippen molar-refractivity contribution < 1.29 is 14.3 Å². The van der Waals surface area contributed by atoms with Crippen LogP contribution in [0.1, 0.15) is 71.6 Å². The standard InChI is InChI=1S/C24H36N4O3/c1-13(2)3-18(26)22(30)31-24-9-14-4-15(10-24)8-23(7-14,12-24)20(27)21(29)28-17(11-25)5-16-6-19(16)28/h13-20H,3-10,12,26-27H2,1-2H3/t14?,15?,16-,17+,18-,19+,20-,23?,24?/m1/s1. The zero-order chi connectivity index (χ0) is 22.1. The van der Waals surface area contributed by atoms with E-state index in [0.717, 1.165) is 44.9 Å². The minimum Gasteiger partial charge on any atom is -0.458 e. The number of nitrogens with zero attached hydrogens (tertiary/aromatic N) is 2. The van der Waals surface area contributed by atoms with Gasteiger partial charge in [0.1, 0.15) is 17.7 Å². The molecule has 4 bridgehead atoms. The van der Waals surface area contributed by atoms with Crippen LogP contribution in [0.3, 0.4) is 0 Å². The minimum absolute atomic E-state index is 0.0588. The summed E-state index contributed by atoms with van der Waals surface area (Å²) in [5, 5.41) is 9.54. The van der Waals surface area contributed by atoms with Crippen molar-refractivity contribution >= 4 is 11.9 Å².